The molecule has 1 aromatic carbocycles. The molecule has 2 nitrogen and oxygen atoms in total. The molecule has 0 heterocycles. The van der Waals surface area contributed by atoms with Crippen LogP contribution in [-0.2, 0) is 15.1 Å². The van der Waals surface area contributed by atoms with Crippen LogP contribution in [-0.4, -0.2) is 19.3 Å². The smallest absolute Gasteiger partial charge is 0.0875 e. The Morgan fingerprint density at radius 1 is 1.05 bits per heavy atom. The van der Waals surface area contributed by atoms with Gasteiger partial charge in [-0.05, 0) is 45.6 Å². The lowest BCUT2D eigenvalue weighted by Crippen LogP contribution is -2.33. The Hall–Kier alpha value is -0.860. The van der Waals surface area contributed by atoms with Gasteiger partial charge in [0.2, 0.25) is 0 Å². The molecule has 19 heavy (non-hydrogen) atoms. The van der Waals surface area contributed by atoms with E-state index < -0.39 is 0 Å². The Balaban J connectivity index is 2.49. The number of hydrogen-bond donors (Lipinski definition) is 0. The van der Waals surface area contributed by atoms with Gasteiger partial charge in [-0.15, -0.1) is 0 Å². The molecule has 1 unspecified atom stereocenters. The molecule has 0 aromatic heterocycles. The fourth-order valence-corrected chi connectivity index (χ4v) is 1.96. The second-order valence-corrected chi connectivity index (χ2v) is 6.22. The summed E-state index contributed by atoms with van der Waals surface area (Å²) in [6.07, 6.45) is 0.997. The van der Waals surface area contributed by atoms with Gasteiger partial charge in [-0.3, -0.25) is 0 Å². The quantitative estimate of drug-likeness (QED) is 0.727. The van der Waals surface area contributed by atoms with Crippen molar-refractivity contribution in [2.45, 2.75) is 52.2 Å². The number of rotatable bonds is 7. The van der Waals surface area contributed by atoms with Crippen molar-refractivity contribution in [1.29, 1.82) is 0 Å². The van der Waals surface area contributed by atoms with Crippen LogP contribution in [0.2, 0.25) is 0 Å². The zero-order chi connectivity index (χ0) is 14.5. The molecule has 0 fully saturated rings. The molecule has 0 bridgehead atoms. The third-order valence-corrected chi connectivity index (χ3v) is 4.20. The lowest BCUT2D eigenvalue weighted by atomic mass is 9.90. The highest BCUT2D eigenvalue weighted by atomic mass is 16.5. The molecule has 0 saturated carbocycles. The minimum atomic E-state index is -0.238. The van der Waals surface area contributed by atoms with E-state index in [9.17, 15) is 0 Å². The summed E-state index contributed by atoms with van der Waals surface area (Å²) in [6.45, 7) is 11.4. The molecule has 1 aromatic rings. The van der Waals surface area contributed by atoms with Gasteiger partial charge in [0.15, 0.2) is 0 Å². The highest BCUT2D eigenvalue weighted by molar-refractivity contribution is 5.20. The van der Waals surface area contributed by atoms with Crippen molar-refractivity contribution in [2.24, 2.45) is 5.92 Å². The normalized spacial score (nSPS) is 14.4. The molecular formula is C17H28O2. The van der Waals surface area contributed by atoms with E-state index in [4.69, 9.17) is 9.47 Å². The van der Waals surface area contributed by atoms with Gasteiger partial charge in [0, 0.05) is 13.7 Å². The fourth-order valence-electron chi connectivity index (χ4n) is 1.96. The van der Waals surface area contributed by atoms with Gasteiger partial charge in [-0.25, -0.2) is 0 Å². The largest absolute Gasteiger partial charge is 0.379 e. The zero-order valence-electron chi connectivity index (χ0n) is 13.2. The predicted molar refractivity (Wildman–Crippen MR) is 80.3 cm³/mol. The zero-order valence-corrected chi connectivity index (χ0v) is 13.2. The van der Waals surface area contributed by atoms with Crippen LogP contribution in [0.3, 0.4) is 0 Å². The van der Waals surface area contributed by atoms with E-state index in [1.807, 2.05) is 6.07 Å². The molecule has 0 aliphatic heterocycles. The first-order valence-electron chi connectivity index (χ1n) is 7.04. The minimum Gasteiger partial charge on any atom is -0.379 e. The molecule has 0 aliphatic rings. The topological polar surface area (TPSA) is 18.5 Å². The van der Waals surface area contributed by atoms with Gasteiger partial charge in [-0.2, -0.15) is 0 Å². The first kappa shape index (κ1) is 16.2. The van der Waals surface area contributed by atoms with Crippen LogP contribution in [0.25, 0.3) is 0 Å². The molecule has 0 saturated heterocycles. The lowest BCUT2D eigenvalue weighted by molar-refractivity contribution is -0.0597. The highest BCUT2D eigenvalue weighted by Crippen LogP contribution is 2.27. The molecule has 108 valence electrons. The molecule has 0 aliphatic carbocycles. The van der Waals surface area contributed by atoms with E-state index in [1.165, 1.54) is 5.56 Å². The third-order valence-electron chi connectivity index (χ3n) is 4.20. The van der Waals surface area contributed by atoms with Crippen molar-refractivity contribution >= 4 is 0 Å². The second kappa shape index (κ2) is 6.53. The Morgan fingerprint density at radius 2 is 1.63 bits per heavy atom. The Morgan fingerprint density at radius 3 is 2.16 bits per heavy atom. The van der Waals surface area contributed by atoms with Crippen LogP contribution in [0.15, 0.2) is 30.3 Å². The molecule has 0 amide bonds. The Labute approximate surface area is 118 Å². The summed E-state index contributed by atoms with van der Waals surface area (Å²) in [4.78, 5) is 0. The lowest BCUT2D eigenvalue weighted by Gasteiger charge is -2.32. The molecule has 2 heteroatoms. The molecule has 1 atom stereocenters. The van der Waals surface area contributed by atoms with E-state index in [0.717, 1.165) is 13.0 Å². The molecule has 0 spiro atoms. The Bertz CT molecular complexity index is 368. The van der Waals surface area contributed by atoms with E-state index >= 15 is 0 Å². The predicted octanol–water partition coefficient (Wildman–Crippen LogP) is 4.39. The number of benzene rings is 1. The molecule has 0 N–H and O–H groups in total. The van der Waals surface area contributed by atoms with E-state index in [-0.39, 0.29) is 11.2 Å². The number of methoxy groups -OCH3 is 1. The summed E-state index contributed by atoms with van der Waals surface area (Å²) < 4.78 is 11.6. The van der Waals surface area contributed by atoms with Crippen LogP contribution >= 0.6 is 0 Å². The van der Waals surface area contributed by atoms with Crippen molar-refractivity contribution in [3.05, 3.63) is 35.9 Å². The minimum absolute atomic E-state index is 0.0970. The summed E-state index contributed by atoms with van der Waals surface area (Å²) in [6, 6.07) is 10.4. The summed E-state index contributed by atoms with van der Waals surface area (Å²) in [5.74, 6) is 0.462. The van der Waals surface area contributed by atoms with Crippen LogP contribution in [0, 0.1) is 5.92 Å². The van der Waals surface area contributed by atoms with Crippen LogP contribution in [0.5, 0.6) is 0 Å². The standard InChI is InChI=1S/C17H28O2/c1-14(16(2,3)18-6)12-13-19-17(4,5)15-10-8-7-9-11-15/h7-11,14H,12-13H2,1-6H3. The monoisotopic (exact) mass is 264 g/mol. The third kappa shape index (κ3) is 4.63. The van der Waals surface area contributed by atoms with E-state index in [2.05, 4.69) is 58.9 Å². The maximum absolute atomic E-state index is 6.07. The fraction of sp³-hybridized carbons (Fsp3) is 0.647. The maximum Gasteiger partial charge on any atom is 0.0875 e. The summed E-state index contributed by atoms with van der Waals surface area (Å²) in [5, 5.41) is 0. The maximum atomic E-state index is 6.07. The molecule has 1 rings (SSSR count). The SMILES string of the molecule is COC(C)(C)C(C)CCOC(C)(C)c1ccccc1. The number of hydrogen-bond acceptors (Lipinski definition) is 2. The van der Waals surface area contributed by atoms with Gasteiger partial charge in [-0.1, -0.05) is 37.3 Å². The first-order chi connectivity index (χ1) is 8.79. The summed E-state index contributed by atoms with van der Waals surface area (Å²) >= 11 is 0. The summed E-state index contributed by atoms with van der Waals surface area (Å²) in [5.41, 5.74) is 0.881. The van der Waals surface area contributed by atoms with Crippen molar-refractivity contribution < 1.29 is 9.47 Å². The first-order valence-corrected chi connectivity index (χ1v) is 7.04. The van der Waals surface area contributed by atoms with E-state index in [0.29, 0.717) is 5.92 Å². The van der Waals surface area contributed by atoms with Crippen LogP contribution in [0.1, 0.15) is 46.6 Å². The van der Waals surface area contributed by atoms with Crippen LogP contribution < -0.4 is 0 Å². The van der Waals surface area contributed by atoms with Gasteiger partial charge in [0.1, 0.15) is 0 Å². The van der Waals surface area contributed by atoms with Crippen LogP contribution in [0.4, 0.5) is 0 Å². The Kier molecular flexibility index (Phi) is 5.57. The van der Waals surface area contributed by atoms with Crippen molar-refractivity contribution in [2.75, 3.05) is 13.7 Å². The molecule has 0 radical (unpaired) electrons. The van der Waals surface area contributed by atoms with Crippen molar-refractivity contribution in [3.63, 3.8) is 0 Å². The average molecular weight is 264 g/mol. The average Bonchev–Trinajstić information content (AvgIpc) is 2.39. The van der Waals surface area contributed by atoms with E-state index in [1.54, 1.807) is 7.11 Å². The second-order valence-electron chi connectivity index (χ2n) is 6.22. The van der Waals surface area contributed by atoms with Gasteiger partial charge in [0.25, 0.3) is 0 Å². The highest BCUT2D eigenvalue weighted by Gasteiger charge is 2.26. The van der Waals surface area contributed by atoms with Gasteiger partial charge >= 0.3 is 0 Å². The molecular weight excluding hydrogens is 236 g/mol. The van der Waals surface area contributed by atoms with Gasteiger partial charge < -0.3 is 9.47 Å². The van der Waals surface area contributed by atoms with Gasteiger partial charge in [0.05, 0.1) is 11.2 Å². The van der Waals surface area contributed by atoms with Crippen molar-refractivity contribution in [1.82, 2.24) is 0 Å². The summed E-state index contributed by atoms with van der Waals surface area (Å²) in [7, 11) is 1.77. The number of ether oxygens (including phenoxy) is 2. The van der Waals surface area contributed by atoms with Crippen molar-refractivity contribution in [3.8, 4) is 0 Å².